The molecule has 2 aromatic carbocycles. The Morgan fingerprint density at radius 2 is 1.72 bits per heavy atom. The minimum atomic E-state index is -4.43. The van der Waals surface area contributed by atoms with Crippen molar-refractivity contribution in [3.63, 3.8) is 0 Å². The second kappa shape index (κ2) is 9.27. The second-order valence-corrected chi connectivity index (χ2v) is 9.26. The van der Waals surface area contributed by atoms with Gasteiger partial charge < -0.3 is 14.5 Å². The Labute approximate surface area is 185 Å². The van der Waals surface area contributed by atoms with Gasteiger partial charge in [-0.1, -0.05) is 18.2 Å². The van der Waals surface area contributed by atoms with Gasteiger partial charge in [-0.3, -0.25) is 9.10 Å². The first-order chi connectivity index (χ1) is 15.0. The van der Waals surface area contributed by atoms with Crippen LogP contribution in [0.3, 0.4) is 0 Å². The Bertz CT molecular complexity index is 1070. The lowest BCUT2D eigenvalue weighted by Crippen LogP contribution is -2.52. The van der Waals surface area contributed by atoms with E-state index in [0.29, 0.717) is 24.5 Å². The van der Waals surface area contributed by atoms with Crippen molar-refractivity contribution in [2.24, 2.45) is 0 Å². The van der Waals surface area contributed by atoms with Crippen LogP contribution in [0.1, 0.15) is 5.56 Å². The average molecular weight is 472 g/mol. The molecule has 174 valence electrons. The molecular weight excluding hydrogens is 447 g/mol. The van der Waals surface area contributed by atoms with Crippen molar-refractivity contribution in [3.8, 4) is 5.75 Å². The van der Waals surface area contributed by atoms with Crippen LogP contribution in [-0.2, 0) is 21.0 Å². The lowest BCUT2D eigenvalue weighted by molar-refractivity contribution is -0.137. The summed E-state index contributed by atoms with van der Waals surface area (Å²) in [5, 5.41) is 0. The Balaban J connectivity index is 1.69. The van der Waals surface area contributed by atoms with Gasteiger partial charge in [-0.05, 0) is 30.3 Å². The van der Waals surface area contributed by atoms with Gasteiger partial charge in [0.1, 0.15) is 12.3 Å². The maximum atomic E-state index is 13.0. The summed E-state index contributed by atoms with van der Waals surface area (Å²) in [4.78, 5) is 16.2. The van der Waals surface area contributed by atoms with E-state index in [0.717, 1.165) is 22.7 Å². The Morgan fingerprint density at radius 1 is 1.06 bits per heavy atom. The van der Waals surface area contributed by atoms with E-state index in [1.165, 1.54) is 18.1 Å². The van der Waals surface area contributed by atoms with Crippen molar-refractivity contribution >= 4 is 27.3 Å². The van der Waals surface area contributed by atoms with E-state index in [1.54, 1.807) is 35.2 Å². The molecule has 0 aliphatic carbocycles. The highest BCUT2D eigenvalue weighted by atomic mass is 32.2. The van der Waals surface area contributed by atoms with Crippen LogP contribution in [0, 0.1) is 0 Å². The molecule has 0 radical (unpaired) electrons. The fraction of sp³-hybridized carbons (Fsp3) is 0.381. The van der Waals surface area contributed by atoms with Gasteiger partial charge in [-0.15, -0.1) is 0 Å². The predicted molar refractivity (Wildman–Crippen MR) is 115 cm³/mol. The maximum Gasteiger partial charge on any atom is 0.416 e. The van der Waals surface area contributed by atoms with Crippen LogP contribution in [0.15, 0.2) is 48.5 Å². The molecule has 32 heavy (non-hydrogen) atoms. The maximum absolute atomic E-state index is 13.0. The zero-order chi connectivity index (χ0) is 23.5. The van der Waals surface area contributed by atoms with Crippen LogP contribution < -0.4 is 13.9 Å². The monoisotopic (exact) mass is 471 g/mol. The minimum absolute atomic E-state index is 0.258. The van der Waals surface area contributed by atoms with Gasteiger partial charge in [0.2, 0.25) is 15.9 Å². The molecule has 7 nitrogen and oxygen atoms in total. The predicted octanol–water partition coefficient (Wildman–Crippen LogP) is 2.83. The van der Waals surface area contributed by atoms with E-state index >= 15 is 0 Å². The summed E-state index contributed by atoms with van der Waals surface area (Å²) in [6.45, 7) is 0.793. The van der Waals surface area contributed by atoms with E-state index in [2.05, 4.69) is 0 Å². The quantitative estimate of drug-likeness (QED) is 0.648. The molecule has 1 amide bonds. The number of anilines is 2. The zero-order valence-electron chi connectivity index (χ0n) is 17.7. The molecule has 1 aliphatic heterocycles. The summed E-state index contributed by atoms with van der Waals surface area (Å²) < 4.78 is 69.9. The number of halogens is 3. The van der Waals surface area contributed by atoms with Crippen molar-refractivity contribution in [2.75, 3.05) is 55.3 Å². The number of carbonyl (C=O) groups excluding carboxylic acids is 1. The fourth-order valence-electron chi connectivity index (χ4n) is 3.53. The van der Waals surface area contributed by atoms with Crippen molar-refractivity contribution in [1.29, 1.82) is 0 Å². The summed E-state index contributed by atoms with van der Waals surface area (Å²) in [6.07, 6.45) is -3.42. The third-order valence-electron chi connectivity index (χ3n) is 5.20. The number of ether oxygens (including phenoxy) is 1. The van der Waals surface area contributed by atoms with E-state index in [4.69, 9.17) is 4.74 Å². The summed E-state index contributed by atoms with van der Waals surface area (Å²) in [5.41, 5.74) is -0.0405. The number of piperazine rings is 1. The van der Waals surface area contributed by atoms with E-state index in [9.17, 15) is 26.4 Å². The Hall–Kier alpha value is -2.95. The highest BCUT2D eigenvalue weighted by molar-refractivity contribution is 7.92. The van der Waals surface area contributed by atoms with Crippen molar-refractivity contribution in [3.05, 3.63) is 54.1 Å². The number of sulfonamides is 1. The molecule has 0 saturated carbocycles. The van der Waals surface area contributed by atoms with Crippen LogP contribution >= 0.6 is 0 Å². The standard InChI is InChI=1S/C21H24F3N3O4S/c1-31-19-9-4-3-8-18(19)27(32(2,29)30)15-20(28)26-12-10-25(11-13-26)17-7-5-6-16(14-17)21(22,23)24/h3-9,14H,10-13,15H2,1-2H3. The van der Waals surface area contributed by atoms with Gasteiger partial charge in [0.05, 0.1) is 24.6 Å². The summed E-state index contributed by atoms with van der Waals surface area (Å²) >= 11 is 0. The lowest BCUT2D eigenvalue weighted by atomic mass is 10.1. The number of carbonyl (C=O) groups is 1. The molecule has 0 bridgehead atoms. The number of hydrogen-bond donors (Lipinski definition) is 0. The van der Waals surface area contributed by atoms with Gasteiger partial charge in [0.15, 0.2) is 0 Å². The molecule has 0 unspecified atom stereocenters. The third-order valence-corrected chi connectivity index (χ3v) is 6.33. The van der Waals surface area contributed by atoms with E-state index in [1.807, 2.05) is 0 Å². The molecule has 0 N–H and O–H groups in total. The van der Waals surface area contributed by atoms with Crippen LogP contribution in [0.25, 0.3) is 0 Å². The molecule has 0 atom stereocenters. The van der Waals surface area contributed by atoms with Crippen LogP contribution in [0.4, 0.5) is 24.5 Å². The number of methoxy groups -OCH3 is 1. The summed E-state index contributed by atoms with van der Waals surface area (Å²) in [6, 6.07) is 11.6. The Kier molecular flexibility index (Phi) is 6.87. The molecule has 1 fully saturated rings. The lowest BCUT2D eigenvalue weighted by Gasteiger charge is -2.37. The van der Waals surface area contributed by atoms with E-state index in [-0.39, 0.29) is 18.8 Å². The highest BCUT2D eigenvalue weighted by Gasteiger charge is 2.32. The SMILES string of the molecule is COc1ccccc1N(CC(=O)N1CCN(c2cccc(C(F)(F)F)c2)CC1)S(C)(=O)=O. The second-order valence-electron chi connectivity index (χ2n) is 7.36. The van der Waals surface area contributed by atoms with Crippen LogP contribution in [-0.4, -0.2) is 65.3 Å². The van der Waals surface area contributed by atoms with Gasteiger partial charge in [0, 0.05) is 31.9 Å². The first-order valence-corrected chi connectivity index (χ1v) is 11.7. The molecule has 0 spiro atoms. The highest BCUT2D eigenvalue weighted by Crippen LogP contribution is 2.32. The molecular formula is C21H24F3N3O4S. The van der Waals surface area contributed by atoms with E-state index < -0.39 is 34.2 Å². The molecule has 1 aliphatic rings. The first kappa shape index (κ1) is 23.7. The average Bonchev–Trinajstić information content (AvgIpc) is 2.76. The normalized spacial score (nSPS) is 14.9. The molecule has 1 saturated heterocycles. The number of amides is 1. The fourth-order valence-corrected chi connectivity index (χ4v) is 4.39. The number of benzene rings is 2. The van der Waals surface area contributed by atoms with Crippen molar-refractivity contribution in [2.45, 2.75) is 6.18 Å². The van der Waals surface area contributed by atoms with Gasteiger partial charge in [0.25, 0.3) is 0 Å². The van der Waals surface area contributed by atoms with Crippen LogP contribution in [0.2, 0.25) is 0 Å². The third kappa shape index (κ3) is 5.45. The van der Waals surface area contributed by atoms with Crippen LogP contribution in [0.5, 0.6) is 5.75 Å². The Morgan fingerprint density at radius 3 is 2.31 bits per heavy atom. The molecule has 3 rings (SSSR count). The summed E-state index contributed by atoms with van der Waals surface area (Å²) in [7, 11) is -2.36. The topological polar surface area (TPSA) is 70.2 Å². The molecule has 0 aromatic heterocycles. The van der Waals surface area contributed by atoms with Gasteiger partial charge in [-0.2, -0.15) is 13.2 Å². The number of hydrogen-bond acceptors (Lipinski definition) is 5. The number of para-hydroxylation sites is 2. The summed E-state index contributed by atoms with van der Waals surface area (Å²) in [5.74, 6) is -0.0786. The molecule has 1 heterocycles. The van der Waals surface area contributed by atoms with Gasteiger partial charge in [-0.25, -0.2) is 8.42 Å². The number of nitrogens with zero attached hydrogens (tertiary/aromatic N) is 3. The zero-order valence-corrected chi connectivity index (χ0v) is 18.5. The first-order valence-electron chi connectivity index (χ1n) is 9.81. The minimum Gasteiger partial charge on any atom is -0.495 e. The molecule has 2 aromatic rings. The molecule has 11 heteroatoms. The van der Waals surface area contributed by atoms with Crippen molar-refractivity contribution < 1.29 is 31.1 Å². The number of alkyl halides is 3. The van der Waals surface area contributed by atoms with Crippen molar-refractivity contribution in [1.82, 2.24) is 4.90 Å². The smallest absolute Gasteiger partial charge is 0.416 e. The number of rotatable bonds is 6. The van der Waals surface area contributed by atoms with Gasteiger partial charge >= 0.3 is 6.18 Å². The largest absolute Gasteiger partial charge is 0.495 e.